The predicted molar refractivity (Wildman–Crippen MR) is 86.8 cm³/mol. The van der Waals surface area contributed by atoms with Crippen molar-refractivity contribution in [3.63, 3.8) is 0 Å². The lowest BCUT2D eigenvalue weighted by Crippen LogP contribution is -2.36. The first-order valence-electron chi connectivity index (χ1n) is 7.85. The van der Waals surface area contributed by atoms with Crippen molar-refractivity contribution < 1.29 is 9.13 Å². The van der Waals surface area contributed by atoms with Crippen LogP contribution in [-0.4, -0.2) is 20.2 Å². The zero-order chi connectivity index (χ0) is 15.4. The lowest BCUT2D eigenvalue weighted by atomic mass is 9.78. The van der Waals surface area contributed by atoms with Crippen molar-refractivity contribution in [3.8, 4) is 5.75 Å². The number of benzene rings is 2. The molecule has 3 heteroatoms. The van der Waals surface area contributed by atoms with Gasteiger partial charge in [0.2, 0.25) is 0 Å². The lowest BCUT2D eigenvalue weighted by Gasteiger charge is -2.33. The molecule has 1 fully saturated rings. The summed E-state index contributed by atoms with van der Waals surface area (Å²) in [5, 5.41) is 3.49. The van der Waals surface area contributed by atoms with Gasteiger partial charge in [-0.25, -0.2) is 4.39 Å². The second-order valence-corrected chi connectivity index (χ2v) is 5.96. The van der Waals surface area contributed by atoms with Gasteiger partial charge in [-0.15, -0.1) is 0 Å². The van der Waals surface area contributed by atoms with Gasteiger partial charge in [0, 0.05) is 0 Å². The van der Waals surface area contributed by atoms with Crippen LogP contribution in [0.2, 0.25) is 0 Å². The number of halogens is 1. The Kier molecular flexibility index (Phi) is 4.74. The van der Waals surface area contributed by atoms with Crippen LogP contribution in [0.1, 0.15) is 23.5 Å². The van der Waals surface area contributed by atoms with E-state index in [0.29, 0.717) is 11.8 Å². The number of methoxy groups -OCH3 is 1. The molecule has 0 saturated carbocycles. The molecule has 1 aliphatic rings. The Morgan fingerprint density at radius 2 is 1.82 bits per heavy atom. The second-order valence-electron chi connectivity index (χ2n) is 5.96. The molecule has 0 bridgehead atoms. The van der Waals surface area contributed by atoms with E-state index in [1.54, 1.807) is 19.2 Å². The van der Waals surface area contributed by atoms with E-state index in [2.05, 4.69) is 17.4 Å². The van der Waals surface area contributed by atoms with Gasteiger partial charge in [-0.1, -0.05) is 24.3 Å². The molecule has 2 aromatic rings. The van der Waals surface area contributed by atoms with Crippen LogP contribution in [0.25, 0.3) is 0 Å². The van der Waals surface area contributed by atoms with Crippen LogP contribution >= 0.6 is 0 Å². The van der Waals surface area contributed by atoms with Gasteiger partial charge in [-0.2, -0.15) is 0 Å². The molecule has 0 radical (unpaired) electrons. The summed E-state index contributed by atoms with van der Waals surface area (Å²) in [4.78, 5) is 0. The molecule has 2 nitrogen and oxygen atoms in total. The highest BCUT2D eigenvalue weighted by atomic mass is 19.1. The maximum atomic E-state index is 13.1. The molecular weight excluding hydrogens is 277 g/mol. The summed E-state index contributed by atoms with van der Waals surface area (Å²) in [7, 11) is 1.69. The predicted octanol–water partition coefficient (Wildman–Crippen LogP) is 3.77. The average Bonchev–Trinajstić information content (AvgIpc) is 2.57. The van der Waals surface area contributed by atoms with Crippen LogP contribution < -0.4 is 10.1 Å². The molecule has 1 N–H and O–H groups in total. The van der Waals surface area contributed by atoms with E-state index in [0.717, 1.165) is 31.7 Å². The standard InChI is InChI=1S/C19H22FNO/c1-22-18-8-2-14(3-9-18)12-16-13-21-11-10-19(16)15-4-6-17(20)7-5-15/h2-9,16,19,21H,10-13H2,1H3/t16-,19+/m0/s1. The Morgan fingerprint density at radius 3 is 2.50 bits per heavy atom. The average molecular weight is 299 g/mol. The van der Waals surface area contributed by atoms with Crippen molar-refractivity contribution in [2.45, 2.75) is 18.8 Å². The van der Waals surface area contributed by atoms with Crippen molar-refractivity contribution in [3.05, 3.63) is 65.5 Å². The summed E-state index contributed by atoms with van der Waals surface area (Å²) < 4.78 is 18.4. The van der Waals surface area contributed by atoms with E-state index in [-0.39, 0.29) is 5.82 Å². The number of ether oxygens (including phenoxy) is 1. The topological polar surface area (TPSA) is 21.3 Å². The van der Waals surface area contributed by atoms with E-state index in [1.807, 2.05) is 24.3 Å². The van der Waals surface area contributed by atoms with Crippen molar-refractivity contribution in [1.82, 2.24) is 5.32 Å². The van der Waals surface area contributed by atoms with Gasteiger partial charge in [0.15, 0.2) is 0 Å². The fourth-order valence-electron chi connectivity index (χ4n) is 3.35. The molecule has 0 aromatic heterocycles. The van der Waals surface area contributed by atoms with Crippen LogP contribution in [-0.2, 0) is 6.42 Å². The van der Waals surface area contributed by atoms with Crippen molar-refractivity contribution >= 4 is 0 Å². The first kappa shape index (κ1) is 15.0. The number of nitrogens with one attached hydrogen (secondary N) is 1. The maximum absolute atomic E-state index is 13.1. The minimum absolute atomic E-state index is 0.163. The van der Waals surface area contributed by atoms with Crippen molar-refractivity contribution in [2.75, 3.05) is 20.2 Å². The molecule has 1 heterocycles. The van der Waals surface area contributed by atoms with Crippen molar-refractivity contribution in [2.24, 2.45) is 5.92 Å². The molecule has 0 aliphatic carbocycles. The summed E-state index contributed by atoms with van der Waals surface area (Å²) in [6.07, 6.45) is 2.13. The maximum Gasteiger partial charge on any atom is 0.123 e. The van der Waals surface area contributed by atoms with Gasteiger partial charge in [0.25, 0.3) is 0 Å². The highest BCUT2D eigenvalue weighted by Crippen LogP contribution is 2.33. The zero-order valence-electron chi connectivity index (χ0n) is 12.9. The summed E-state index contributed by atoms with van der Waals surface area (Å²) in [6, 6.07) is 15.3. The van der Waals surface area contributed by atoms with Gasteiger partial charge < -0.3 is 10.1 Å². The molecule has 0 amide bonds. The minimum Gasteiger partial charge on any atom is -0.497 e. The normalized spacial score (nSPS) is 21.5. The Labute approximate surface area is 131 Å². The monoisotopic (exact) mass is 299 g/mol. The van der Waals surface area contributed by atoms with Gasteiger partial charge >= 0.3 is 0 Å². The summed E-state index contributed by atoms with van der Waals surface area (Å²) in [6.45, 7) is 2.04. The van der Waals surface area contributed by atoms with Crippen LogP contribution in [0, 0.1) is 11.7 Å². The van der Waals surface area contributed by atoms with E-state index in [9.17, 15) is 4.39 Å². The lowest BCUT2D eigenvalue weighted by molar-refractivity contribution is 0.324. The first-order chi connectivity index (χ1) is 10.8. The Bertz CT molecular complexity index is 594. The highest BCUT2D eigenvalue weighted by molar-refractivity contribution is 5.29. The van der Waals surface area contributed by atoms with Crippen LogP contribution in [0.15, 0.2) is 48.5 Å². The third-order valence-electron chi connectivity index (χ3n) is 4.56. The van der Waals surface area contributed by atoms with Gasteiger partial charge in [0.1, 0.15) is 11.6 Å². The quantitative estimate of drug-likeness (QED) is 0.928. The number of rotatable bonds is 4. The number of hydrogen-bond donors (Lipinski definition) is 1. The van der Waals surface area contributed by atoms with Crippen LogP contribution in [0.3, 0.4) is 0 Å². The largest absolute Gasteiger partial charge is 0.497 e. The van der Waals surface area contributed by atoms with Gasteiger partial charge in [0.05, 0.1) is 7.11 Å². The van der Waals surface area contributed by atoms with E-state index < -0.39 is 0 Å². The van der Waals surface area contributed by atoms with E-state index in [4.69, 9.17) is 4.74 Å². The molecule has 116 valence electrons. The molecule has 0 unspecified atom stereocenters. The molecule has 1 aliphatic heterocycles. The second kappa shape index (κ2) is 6.93. The van der Waals surface area contributed by atoms with E-state index >= 15 is 0 Å². The fourth-order valence-corrected chi connectivity index (χ4v) is 3.35. The Morgan fingerprint density at radius 1 is 1.09 bits per heavy atom. The summed E-state index contributed by atoms with van der Waals surface area (Å²) >= 11 is 0. The molecule has 3 rings (SSSR count). The SMILES string of the molecule is COc1ccc(C[C@H]2CNCC[C@@H]2c2ccc(F)cc2)cc1. The Balaban J connectivity index is 1.75. The molecule has 1 saturated heterocycles. The number of hydrogen-bond acceptors (Lipinski definition) is 2. The molecular formula is C19H22FNO. The highest BCUT2D eigenvalue weighted by Gasteiger charge is 2.26. The minimum atomic E-state index is -0.163. The summed E-state index contributed by atoms with van der Waals surface area (Å²) in [5.41, 5.74) is 2.57. The van der Waals surface area contributed by atoms with Gasteiger partial charge in [-0.3, -0.25) is 0 Å². The first-order valence-corrected chi connectivity index (χ1v) is 7.85. The Hall–Kier alpha value is -1.87. The molecule has 0 spiro atoms. The van der Waals surface area contributed by atoms with Gasteiger partial charge in [-0.05, 0) is 73.2 Å². The smallest absolute Gasteiger partial charge is 0.123 e. The zero-order valence-corrected chi connectivity index (χ0v) is 12.9. The third kappa shape index (κ3) is 3.47. The van der Waals surface area contributed by atoms with Crippen molar-refractivity contribution in [1.29, 1.82) is 0 Å². The fraction of sp³-hybridized carbons (Fsp3) is 0.368. The molecule has 2 atom stereocenters. The summed E-state index contributed by atoms with van der Waals surface area (Å²) in [5.74, 6) is 1.75. The van der Waals surface area contributed by atoms with E-state index in [1.165, 1.54) is 11.1 Å². The molecule has 2 aromatic carbocycles. The third-order valence-corrected chi connectivity index (χ3v) is 4.56. The van der Waals surface area contributed by atoms with Crippen LogP contribution in [0.4, 0.5) is 4.39 Å². The van der Waals surface area contributed by atoms with Crippen LogP contribution in [0.5, 0.6) is 5.75 Å². The molecule has 22 heavy (non-hydrogen) atoms. The number of piperidine rings is 1.